The van der Waals surface area contributed by atoms with Crippen molar-refractivity contribution in [1.82, 2.24) is 0 Å². The molecule has 0 fully saturated rings. The van der Waals surface area contributed by atoms with Crippen molar-refractivity contribution < 1.29 is 37.3 Å². The minimum atomic E-state index is -6.19. The van der Waals surface area contributed by atoms with Gasteiger partial charge in [0.05, 0.1) is 0 Å². The quantitative estimate of drug-likeness (QED) is 0.159. The Morgan fingerprint density at radius 2 is 1.25 bits per heavy atom. The average Bonchev–Trinajstić information content (AvgIpc) is 2.53. The maximum absolute atomic E-state index is 13.3. The zero-order valence-electron chi connectivity index (χ0n) is 18.2. The first-order valence-corrected chi connectivity index (χ1v) is 14.2. The Hall–Kier alpha value is -1.34. The van der Waals surface area contributed by atoms with Crippen molar-refractivity contribution in [2.24, 2.45) is 0 Å². The summed E-state index contributed by atoms with van der Waals surface area (Å²) in [5, 5.41) is 0. The van der Waals surface area contributed by atoms with E-state index in [-0.39, 0.29) is 9.13 Å². The first-order chi connectivity index (χ1) is 14.4. The van der Waals surface area contributed by atoms with E-state index in [1.165, 1.54) is 13.8 Å². The average molecular weight is 596 g/mol. The number of hydrogen-bond acceptors (Lipinski definition) is 3. The molecule has 0 aromatic heterocycles. The van der Waals surface area contributed by atoms with Crippen LogP contribution in [0.25, 0.3) is 11.1 Å². The van der Waals surface area contributed by atoms with E-state index in [0.717, 1.165) is 27.8 Å². The summed E-state index contributed by atoms with van der Waals surface area (Å²) in [5.74, 6) is 0. The first kappa shape index (κ1) is 26.9. The third-order valence-electron chi connectivity index (χ3n) is 4.73. The molecule has 0 spiro atoms. The molecule has 3 nitrogen and oxygen atoms in total. The summed E-state index contributed by atoms with van der Waals surface area (Å²) in [6.07, 6.45) is -4.90. The monoisotopic (exact) mass is 596 g/mol. The van der Waals surface area contributed by atoms with Gasteiger partial charge < -0.3 is 0 Å². The van der Waals surface area contributed by atoms with E-state index in [4.69, 9.17) is 0 Å². The Bertz CT molecular complexity index is 1110. The molecule has 0 amide bonds. The summed E-state index contributed by atoms with van der Waals surface area (Å²) in [6.45, 7) is 10.3. The van der Waals surface area contributed by atoms with Gasteiger partial charge >= 0.3 is 192 Å². The Labute approximate surface area is 191 Å². The van der Waals surface area contributed by atoms with Gasteiger partial charge in [-0.1, -0.05) is 0 Å². The Kier molecular flexibility index (Phi) is 7.68. The molecule has 0 saturated carbocycles. The predicted octanol–water partition coefficient (Wildman–Crippen LogP) is 7.22. The Morgan fingerprint density at radius 1 is 0.781 bits per heavy atom. The molecule has 2 rings (SSSR count). The first-order valence-electron chi connectivity index (χ1n) is 9.28. The van der Waals surface area contributed by atoms with Crippen LogP contribution in [0, 0.1) is 45.1 Å². The standard InChI is InChI=1S/C21H23F6IO3S/c1-11-7-12(2)17(13(3)8-11)18-14(4)9-15(5)19(16(18)6)28(10-20(22,23)24)31-32(29,30)21(25,26)27/h7-9H,10H2,1-6H3. The molecule has 0 radical (unpaired) electrons. The van der Waals surface area contributed by atoms with E-state index in [1.807, 2.05) is 32.9 Å². The number of aryl methyl sites for hydroxylation is 5. The van der Waals surface area contributed by atoms with E-state index in [0.29, 0.717) is 11.1 Å². The van der Waals surface area contributed by atoms with Crippen LogP contribution in [0.4, 0.5) is 26.3 Å². The van der Waals surface area contributed by atoms with Gasteiger partial charge in [0.15, 0.2) is 0 Å². The molecule has 32 heavy (non-hydrogen) atoms. The van der Waals surface area contributed by atoms with E-state index < -0.39 is 46.5 Å². The predicted molar refractivity (Wildman–Crippen MR) is 120 cm³/mol. The van der Waals surface area contributed by atoms with Crippen LogP contribution < -0.4 is 0 Å². The van der Waals surface area contributed by atoms with Crippen LogP contribution in [-0.4, -0.2) is 24.5 Å². The van der Waals surface area contributed by atoms with Crippen LogP contribution >= 0.6 is 20.2 Å². The van der Waals surface area contributed by atoms with Crippen LogP contribution in [0.5, 0.6) is 0 Å². The zero-order valence-corrected chi connectivity index (χ0v) is 21.2. The number of hydrogen-bond donors (Lipinski definition) is 0. The van der Waals surface area contributed by atoms with Crippen molar-refractivity contribution in [2.75, 3.05) is 4.43 Å². The summed E-state index contributed by atoms with van der Waals surface area (Å²) in [5.41, 5.74) is -0.481. The van der Waals surface area contributed by atoms with Crippen molar-refractivity contribution in [3.8, 4) is 11.1 Å². The van der Waals surface area contributed by atoms with Gasteiger partial charge in [0.2, 0.25) is 0 Å². The molecular weight excluding hydrogens is 573 g/mol. The third-order valence-corrected chi connectivity index (χ3v) is 12.8. The molecular formula is C21H23F6IO3S. The van der Waals surface area contributed by atoms with Crippen LogP contribution in [0.2, 0.25) is 0 Å². The third kappa shape index (κ3) is 5.77. The van der Waals surface area contributed by atoms with Gasteiger partial charge in [0.25, 0.3) is 0 Å². The molecule has 0 aliphatic rings. The molecule has 0 saturated heterocycles. The molecule has 0 N–H and O–H groups in total. The van der Waals surface area contributed by atoms with Crippen LogP contribution in [0.1, 0.15) is 33.4 Å². The second-order valence-electron chi connectivity index (χ2n) is 7.63. The summed E-state index contributed by atoms with van der Waals surface area (Å²) >= 11 is -4.40. The van der Waals surface area contributed by atoms with E-state index >= 15 is 0 Å². The molecule has 0 heterocycles. The summed E-state index contributed by atoms with van der Waals surface area (Å²) in [7, 11) is -6.19. The molecule has 180 valence electrons. The van der Waals surface area contributed by atoms with Crippen molar-refractivity contribution in [3.05, 3.63) is 55.1 Å². The van der Waals surface area contributed by atoms with E-state index in [9.17, 15) is 34.8 Å². The van der Waals surface area contributed by atoms with Crippen LogP contribution in [0.15, 0.2) is 18.2 Å². The minimum absolute atomic E-state index is 0.0701. The fourth-order valence-electron chi connectivity index (χ4n) is 3.84. The van der Waals surface area contributed by atoms with Crippen molar-refractivity contribution >= 4 is 30.4 Å². The topological polar surface area (TPSA) is 43.4 Å². The van der Waals surface area contributed by atoms with E-state index in [2.05, 4.69) is 2.51 Å². The van der Waals surface area contributed by atoms with Gasteiger partial charge in [-0.25, -0.2) is 0 Å². The molecule has 0 aliphatic carbocycles. The second kappa shape index (κ2) is 9.13. The number of benzene rings is 2. The molecule has 0 atom stereocenters. The molecule has 2 aromatic rings. The Morgan fingerprint density at radius 3 is 1.69 bits per heavy atom. The zero-order chi connectivity index (χ0) is 24.8. The fourth-order valence-corrected chi connectivity index (χ4v) is 10.9. The van der Waals surface area contributed by atoms with Crippen LogP contribution in [0.3, 0.4) is 0 Å². The SMILES string of the molecule is Cc1cc(C)c(-c2c(C)cc(C)c(I(CC(F)(F)F)OS(=O)(=O)C(F)(F)F)c2C)c(C)c1. The number of alkyl halides is 7. The summed E-state index contributed by atoms with van der Waals surface area (Å²) < 4.78 is 104. The Balaban J connectivity index is 2.83. The van der Waals surface area contributed by atoms with Crippen molar-refractivity contribution in [2.45, 2.75) is 53.2 Å². The number of halogens is 7. The summed E-state index contributed by atoms with van der Waals surface area (Å²) in [4.78, 5) is 0. The maximum atomic E-state index is 13.3. The molecule has 0 aliphatic heterocycles. The second-order valence-corrected chi connectivity index (χ2v) is 13.9. The fraction of sp³-hybridized carbons (Fsp3) is 0.429. The normalized spacial score (nSPS) is 13.4. The van der Waals surface area contributed by atoms with Gasteiger partial charge in [-0.2, -0.15) is 0 Å². The molecule has 0 bridgehead atoms. The summed E-state index contributed by atoms with van der Waals surface area (Å²) in [6, 6.07) is 5.37. The van der Waals surface area contributed by atoms with Gasteiger partial charge in [-0.3, -0.25) is 0 Å². The van der Waals surface area contributed by atoms with Gasteiger partial charge in [0.1, 0.15) is 0 Å². The molecule has 11 heteroatoms. The van der Waals surface area contributed by atoms with Crippen molar-refractivity contribution in [3.63, 3.8) is 0 Å². The van der Waals surface area contributed by atoms with Crippen LogP contribution in [-0.2, 0) is 12.6 Å². The van der Waals surface area contributed by atoms with E-state index in [1.54, 1.807) is 13.0 Å². The van der Waals surface area contributed by atoms with Crippen molar-refractivity contribution in [1.29, 1.82) is 0 Å². The molecule has 2 aromatic carbocycles. The number of rotatable bonds is 5. The molecule has 0 unspecified atom stereocenters. The van der Waals surface area contributed by atoms with Gasteiger partial charge in [0, 0.05) is 0 Å². The van der Waals surface area contributed by atoms with Gasteiger partial charge in [-0.15, -0.1) is 0 Å². The van der Waals surface area contributed by atoms with Gasteiger partial charge in [-0.05, 0) is 0 Å².